The summed E-state index contributed by atoms with van der Waals surface area (Å²) in [6.07, 6.45) is 4.04. The maximum atomic E-state index is 12.3. The fourth-order valence-electron chi connectivity index (χ4n) is 3.36. The molecule has 1 fully saturated rings. The lowest BCUT2D eigenvalue weighted by Gasteiger charge is -2.22. The van der Waals surface area contributed by atoms with E-state index in [1.165, 1.54) is 12.8 Å². The minimum atomic E-state index is -0.216. The number of rotatable bonds is 5. The van der Waals surface area contributed by atoms with Crippen molar-refractivity contribution in [2.24, 2.45) is 5.92 Å². The minimum absolute atomic E-state index is 0.216. The highest BCUT2D eigenvalue weighted by atomic mass is 16.1. The Kier molecular flexibility index (Phi) is 4.75. The third-order valence-corrected chi connectivity index (χ3v) is 4.84. The molecular formula is C18H21BN6O. The lowest BCUT2D eigenvalue weighted by atomic mass is 9.91. The Balaban J connectivity index is 1.58. The standard InChI is InChI=1S/C18H21BN6O/c19-14-6-2-1-5-13(14)11-25-16-15(23-18(25)26)10-22-17(24-16)21-9-12-4-3-7-20-8-12/h1-2,5-6,10,12,20H,3-4,7-9,11H2,(H,23,26)(H,21,22,24)/t12-/m0/s1. The average molecular weight is 348 g/mol. The highest BCUT2D eigenvalue weighted by Crippen LogP contribution is 2.13. The number of piperidine rings is 1. The molecule has 1 aliphatic heterocycles. The van der Waals surface area contributed by atoms with Gasteiger partial charge in [0, 0.05) is 6.54 Å². The number of hydrogen-bond acceptors (Lipinski definition) is 5. The van der Waals surface area contributed by atoms with E-state index >= 15 is 0 Å². The van der Waals surface area contributed by atoms with Crippen LogP contribution in [-0.4, -0.2) is 47.0 Å². The summed E-state index contributed by atoms with van der Waals surface area (Å²) in [5.41, 5.74) is 2.53. The smallest absolute Gasteiger partial charge is 0.328 e. The summed E-state index contributed by atoms with van der Waals surface area (Å²) in [5, 5.41) is 6.70. The van der Waals surface area contributed by atoms with E-state index in [1.807, 2.05) is 24.3 Å². The summed E-state index contributed by atoms with van der Waals surface area (Å²) in [7, 11) is 6.01. The number of benzene rings is 1. The molecule has 2 radical (unpaired) electrons. The predicted octanol–water partition coefficient (Wildman–Crippen LogP) is 0.373. The molecule has 0 spiro atoms. The van der Waals surface area contributed by atoms with Crippen molar-refractivity contribution in [3.8, 4) is 0 Å². The third kappa shape index (κ3) is 3.50. The van der Waals surface area contributed by atoms with Gasteiger partial charge in [-0.25, -0.2) is 9.78 Å². The van der Waals surface area contributed by atoms with Crippen LogP contribution in [0.1, 0.15) is 18.4 Å². The molecule has 8 heteroatoms. The van der Waals surface area contributed by atoms with Crippen LogP contribution in [0.3, 0.4) is 0 Å². The van der Waals surface area contributed by atoms with Gasteiger partial charge in [-0.3, -0.25) is 4.57 Å². The SMILES string of the molecule is [B]c1ccccc1Cn1c(=O)[nH]c2cnc(NC[C@H]3CCCNC3)nc21. The van der Waals surface area contributed by atoms with Gasteiger partial charge in [-0.1, -0.05) is 29.7 Å². The normalized spacial score (nSPS) is 17.5. The van der Waals surface area contributed by atoms with Crippen LogP contribution in [0.25, 0.3) is 11.2 Å². The number of nitrogens with one attached hydrogen (secondary N) is 3. The molecular weight excluding hydrogens is 327 g/mol. The summed E-state index contributed by atoms with van der Waals surface area (Å²) >= 11 is 0. The third-order valence-electron chi connectivity index (χ3n) is 4.84. The van der Waals surface area contributed by atoms with Crippen LogP contribution in [0, 0.1) is 5.92 Å². The fraction of sp³-hybridized carbons (Fsp3) is 0.389. The first-order valence-corrected chi connectivity index (χ1v) is 8.94. The zero-order chi connectivity index (χ0) is 17.9. The van der Waals surface area contributed by atoms with Gasteiger partial charge in [0.2, 0.25) is 5.95 Å². The molecule has 0 saturated carbocycles. The average Bonchev–Trinajstić information content (AvgIpc) is 2.97. The molecule has 1 aromatic carbocycles. The van der Waals surface area contributed by atoms with Gasteiger partial charge in [0.15, 0.2) is 5.65 Å². The Hall–Kier alpha value is -2.61. The molecule has 3 heterocycles. The largest absolute Gasteiger partial charge is 0.354 e. The predicted molar refractivity (Wildman–Crippen MR) is 103 cm³/mol. The van der Waals surface area contributed by atoms with Crippen LogP contribution < -0.4 is 21.8 Å². The number of anilines is 1. The lowest BCUT2D eigenvalue weighted by molar-refractivity contribution is 0.392. The molecule has 4 rings (SSSR count). The van der Waals surface area contributed by atoms with Crippen LogP contribution in [0.4, 0.5) is 5.95 Å². The Bertz CT molecular complexity index is 960. The molecule has 3 aromatic rings. The van der Waals surface area contributed by atoms with Crippen LogP contribution in [0.15, 0.2) is 35.3 Å². The maximum Gasteiger partial charge on any atom is 0.328 e. The molecule has 3 N–H and O–H groups in total. The van der Waals surface area contributed by atoms with Crippen molar-refractivity contribution < 1.29 is 0 Å². The minimum Gasteiger partial charge on any atom is -0.354 e. The number of H-pyrrole nitrogens is 1. The first kappa shape index (κ1) is 16.8. The van der Waals surface area contributed by atoms with Gasteiger partial charge in [-0.05, 0) is 37.4 Å². The van der Waals surface area contributed by atoms with E-state index in [0.29, 0.717) is 35.0 Å². The second-order valence-corrected chi connectivity index (χ2v) is 6.74. The maximum absolute atomic E-state index is 12.3. The Morgan fingerprint density at radius 3 is 3.04 bits per heavy atom. The van der Waals surface area contributed by atoms with Crippen molar-refractivity contribution >= 4 is 30.4 Å². The van der Waals surface area contributed by atoms with Crippen molar-refractivity contribution in [1.29, 1.82) is 0 Å². The molecule has 0 amide bonds. The summed E-state index contributed by atoms with van der Waals surface area (Å²) in [6.45, 7) is 3.29. The summed E-state index contributed by atoms with van der Waals surface area (Å²) in [6, 6.07) is 7.53. The molecule has 26 heavy (non-hydrogen) atoms. The first-order chi connectivity index (χ1) is 12.7. The molecule has 132 valence electrons. The van der Waals surface area contributed by atoms with Crippen molar-refractivity contribution in [3.63, 3.8) is 0 Å². The van der Waals surface area contributed by atoms with Crippen molar-refractivity contribution in [2.75, 3.05) is 25.0 Å². The molecule has 1 saturated heterocycles. The van der Waals surface area contributed by atoms with Gasteiger partial charge in [0.25, 0.3) is 0 Å². The number of aromatic amines is 1. The van der Waals surface area contributed by atoms with Gasteiger partial charge in [-0.15, -0.1) is 0 Å². The number of imidazole rings is 1. The van der Waals surface area contributed by atoms with E-state index in [-0.39, 0.29) is 5.69 Å². The molecule has 0 aliphatic carbocycles. The lowest BCUT2D eigenvalue weighted by Crippen LogP contribution is -2.33. The van der Waals surface area contributed by atoms with Crippen molar-refractivity contribution in [3.05, 3.63) is 46.5 Å². The highest BCUT2D eigenvalue weighted by molar-refractivity contribution is 6.33. The Labute approximate surface area is 152 Å². The van der Waals surface area contributed by atoms with Gasteiger partial charge >= 0.3 is 5.69 Å². The van der Waals surface area contributed by atoms with Crippen LogP contribution in [-0.2, 0) is 6.54 Å². The fourth-order valence-corrected chi connectivity index (χ4v) is 3.36. The molecule has 1 aliphatic rings. The van der Waals surface area contributed by atoms with E-state index in [0.717, 1.165) is 25.2 Å². The van der Waals surface area contributed by atoms with Gasteiger partial charge in [0.1, 0.15) is 13.4 Å². The second kappa shape index (κ2) is 7.33. The first-order valence-electron chi connectivity index (χ1n) is 8.94. The summed E-state index contributed by atoms with van der Waals surface area (Å²) in [5.74, 6) is 1.11. The Morgan fingerprint density at radius 2 is 2.23 bits per heavy atom. The van der Waals surface area contributed by atoms with E-state index in [1.54, 1.807) is 10.8 Å². The van der Waals surface area contributed by atoms with Crippen LogP contribution in [0.5, 0.6) is 0 Å². The second-order valence-electron chi connectivity index (χ2n) is 6.74. The summed E-state index contributed by atoms with van der Waals surface area (Å²) < 4.78 is 1.59. The number of fused-ring (bicyclic) bond motifs is 1. The molecule has 0 bridgehead atoms. The van der Waals surface area contributed by atoms with Crippen LogP contribution in [0.2, 0.25) is 0 Å². The summed E-state index contributed by atoms with van der Waals surface area (Å²) in [4.78, 5) is 24.0. The van der Waals surface area contributed by atoms with Gasteiger partial charge in [0.05, 0.1) is 12.7 Å². The van der Waals surface area contributed by atoms with Crippen LogP contribution >= 0.6 is 0 Å². The van der Waals surface area contributed by atoms with E-state index in [2.05, 4.69) is 25.6 Å². The number of hydrogen-bond donors (Lipinski definition) is 3. The topological polar surface area (TPSA) is 87.6 Å². The molecule has 0 unspecified atom stereocenters. The highest BCUT2D eigenvalue weighted by Gasteiger charge is 2.14. The number of nitrogens with zero attached hydrogens (tertiary/aromatic N) is 3. The van der Waals surface area contributed by atoms with E-state index < -0.39 is 0 Å². The monoisotopic (exact) mass is 348 g/mol. The molecule has 1 atom stereocenters. The zero-order valence-corrected chi connectivity index (χ0v) is 14.5. The molecule has 2 aromatic heterocycles. The zero-order valence-electron chi connectivity index (χ0n) is 14.5. The van der Waals surface area contributed by atoms with Gasteiger partial charge in [-0.2, -0.15) is 4.98 Å². The quantitative estimate of drug-likeness (QED) is 0.580. The van der Waals surface area contributed by atoms with E-state index in [4.69, 9.17) is 7.85 Å². The van der Waals surface area contributed by atoms with Gasteiger partial charge < -0.3 is 15.6 Å². The van der Waals surface area contributed by atoms with Crippen molar-refractivity contribution in [2.45, 2.75) is 19.4 Å². The molecule has 7 nitrogen and oxygen atoms in total. The number of aromatic nitrogens is 4. The van der Waals surface area contributed by atoms with E-state index in [9.17, 15) is 4.79 Å². The Morgan fingerprint density at radius 1 is 1.35 bits per heavy atom. The van der Waals surface area contributed by atoms with Crippen molar-refractivity contribution in [1.82, 2.24) is 24.8 Å².